The van der Waals surface area contributed by atoms with Crippen molar-refractivity contribution >= 4 is 17.7 Å². The number of rotatable bonds is 6. The summed E-state index contributed by atoms with van der Waals surface area (Å²) in [6.45, 7) is 1.90. The number of nitriles is 1. The second-order valence-electron chi connectivity index (χ2n) is 7.38. The maximum atomic E-state index is 12.9. The lowest BCUT2D eigenvalue weighted by atomic mass is 10.1. The summed E-state index contributed by atoms with van der Waals surface area (Å²) in [5.74, 6) is 0.258. The molecular weight excluding hydrogens is 412 g/mol. The molecule has 162 valence electrons. The van der Waals surface area contributed by atoms with Gasteiger partial charge in [-0.2, -0.15) is 10.4 Å². The van der Waals surface area contributed by atoms with Gasteiger partial charge in [0, 0.05) is 23.0 Å². The molecule has 0 unspecified atom stereocenters. The molecule has 0 radical (unpaired) electrons. The molecule has 0 saturated carbocycles. The Kier molecular flexibility index (Phi) is 6.33. The van der Waals surface area contributed by atoms with Crippen molar-refractivity contribution in [3.8, 4) is 28.8 Å². The molecule has 0 spiro atoms. The van der Waals surface area contributed by atoms with Gasteiger partial charge >= 0.3 is 0 Å². The molecule has 0 aliphatic rings. The minimum absolute atomic E-state index is 0.0133. The van der Waals surface area contributed by atoms with Crippen LogP contribution in [-0.4, -0.2) is 22.8 Å². The molecule has 0 aliphatic heterocycles. The zero-order valence-electron chi connectivity index (χ0n) is 18.3. The van der Waals surface area contributed by atoms with Crippen LogP contribution in [0.2, 0.25) is 0 Å². The number of carbonyl (C=O) groups is 1. The van der Waals surface area contributed by atoms with Gasteiger partial charge in [-0.15, -0.1) is 0 Å². The molecule has 0 atom stereocenters. The summed E-state index contributed by atoms with van der Waals surface area (Å²) in [5, 5.41) is 17.3. The Morgan fingerprint density at radius 2 is 1.73 bits per heavy atom. The van der Waals surface area contributed by atoms with Crippen LogP contribution in [0.3, 0.4) is 0 Å². The number of hydrogen-bond acceptors (Lipinski definition) is 4. The van der Waals surface area contributed by atoms with Crippen molar-refractivity contribution in [1.82, 2.24) is 9.78 Å². The average Bonchev–Trinajstić information content (AvgIpc) is 3.28. The Labute approximate surface area is 192 Å². The van der Waals surface area contributed by atoms with Gasteiger partial charge in [0.15, 0.2) is 0 Å². The van der Waals surface area contributed by atoms with Crippen LogP contribution in [0.5, 0.6) is 5.75 Å². The number of aromatic nitrogens is 2. The Morgan fingerprint density at radius 1 is 1.03 bits per heavy atom. The van der Waals surface area contributed by atoms with E-state index in [4.69, 9.17) is 9.84 Å². The van der Waals surface area contributed by atoms with E-state index in [-0.39, 0.29) is 5.57 Å². The predicted molar refractivity (Wildman–Crippen MR) is 129 cm³/mol. The number of methoxy groups -OCH3 is 1. The zero-order valence-corrected chi connectivity index (χ0v) is 18.3. The lowest BCUT2D eigenvalue weighted by molar-refractivity contribution is -0.112. The maximum absolute atomic E-state index is 12.9. The van der Waals surface area contributed by atoms with E-state index in [2.05, 4.69) is 5.32 Å². The molecule has 6 nitrogen and oxygen atoms in total. The summed E-state index contributed by atoms with van der Waals surface area (Å²) < 4.78 is 6.99. The second kappa shape index (κ2) is 9.67. The fraction of sp³-hybridized carbons (Fsp3) is 0.0741. The van der Waals surface area contributed by atoms with E-state index in [1.165, 1.54) is 0 Å². The summed E-state index contributed by atoms with van der Waals surface area (Å²) >= 11 is 0. The molecular formula is C27H22N4O2. The van der Waals surface area contributed by atoms with E-state index >= 15 is 0 Å². The molecule has 3 aromatic carbocycles. The first-order valence-electron chi connectivity index (χ1n) is 10.4. The molecule has 1 amide bonds. The van der Waals surface area contributed by atoms with Gasteiger partial charge < -0.3 is 10.1 Å². The molecule has 33 heavy (non-hydrogen) atoms. The van der Waals surface area contributed by atoms with Crippen LogP contribution in [0, 0.1) is 18.3 Å². The van der Waals surface area contributed by atoms with Gasteiger partial charge in [-0.05, 0) is 61.0 Å². The molecule has 1 N–H and O–H groups in total. The van der Waals surface area contributed by atoms with Crippen molar-refractivity contribution in [3.63, 3.8) is 0 Å². The van der Waals surface area contributed by atoms with E-state index in [0.29, 0.717) is 16.9 Å². The highest BCUT2D eigenvalue weighted by molar-refractivity contribution is 6.10. The van der Waals surface area contributed by atoms with Gasteiger partial charge in [-0.3, -0.25) is 4.79 Å². The number of nitrogens with one attached hydrogen (secondary N) is 1. The minimum Gasteiger partial charge on any atom is -0.497 e. The van der Waals surface area contributed by atoms with E-state index < -0.39 is 5.91 Å². The molecule has 0 saturated heterocycles. The molecule has 0 bridgehead atoms. The van der Waals surface area contributed by atoms with E-state index in [9.17, 15) is 10.1 Å². The first-order chi connectivity index (χ1) is 16.1. The highest BCUT2D eigenvalue weighted by atomic mass is 16.5. The Balaban J connectivity index is 1.76. The molecule has 6 heteroatoms. The molecule has 0 fully saturated rings. The number of anilines is 1. The van der Waals surface area contributed by atoms with E-state index in [1.54, 1.807) is 23.9 Å². The van der Waals surface area contributed by atoms with Gasteiger partial charge in [-0.25, -0.2) is 4.68 Å². The van der Waals surface area contributed by atoms with Gasteiger partial charge in [0.05, 0.1) is 18.5 Å². The van der Waals surface area contributed by atoms with Crippen LogP contribution in [0.25, 0.3) is 23.0 Å². The molecule has 1 aromatic heterocycles. The van der Waals surface area contributed by atoms with Crippen molar-refractivity contribution in [2.45, 2.75) is 6.92 Å². The Bertz CT molecular complexity index is 1350. The lowest BCUT2D eigenvalue weighted by Crippen LogP contribution is -2.14. The van der Waals surface area contributed by atoms with Crippen molar-refractivity contribution in [2.75, 3.05) is 12.4 Å². The number of amides is 1. The normalized spacial score (nSPS) is 11.0. The number of ether oxygens (including phenoxy) is 1. The summed E-state index contributed by atoms with van der Waals surface area (Å²) in [7, 11) is 1.61. The van der Waals surface area contributed by atoms with Gasteiger partial charge in [-0.1, -0.05) is 36.4 Å². The molecule has 4 rings (SSSR count). The molecule has 4 aromatic rings. The van der Waals surface area contributed by atoms with Crippen LogP contribution in [0.15, 0.2) is 90.6 Å². The minimum atomic E-state index is -0.472. The van der Waals surface area contributed by atoms with E-state index in [1.807, 2.05) is 92.0 Å². The standard InChI is InChI=1S/C27H22N4O2/c1-19-8-6-7-11-25(19)29-27(32)21(17-28)16-22-18-31(23-9-4-3-5-10-23)30-26(22)20-12-14-24(33-2)15-13-20/h3-16,18H,1-2H3,(H,29,32)/b21-16+. The van der Waals surface area contributed by atoms with Crippen LogP contribution < -0.4 is 10.1 Å². The average molecular weight is 434 g/mol. The number of nitrogens with zero attached hydrogens (tertiary/aromatic N) is 3. The number of benzene rings is 3. The largest absolute Gasteiger partial charge is 0.497 e. The van der Waals surface area contributed by atoms with Crippen LogP contribution in [-0.2, 0) is 4.79 Å². The highest BCUT2D eigenvalue weighted by Gasteiger charge is 2.16. The fourth-order valence-corrected chi connectivity index (χ4v) is 3.39. The summed E-state index contributed by atoms with van der Waals surface area (Å²) in [4.78, 5) is 12.9. The number of hydrogen-bond donors (Lipinski definition) is 1. The van der Waals surface area contributed by atoms with Gasteiger partial charge in [0.25, 0.3) is 5.91 Å². The zero-order chi connectivity index (χ0) is 23.2. The number of para-hydroxylation sites is 2. The smallest absolute Gasteiger partial charge is 0.266 e. The quantitative estimate of drug-likeness (QED) is 0.325. The Morgan fingerprint density at radius 3 is 2.39 bits per heavy atom. The van der Waals surface area contributed by atoms with Crippen LogP contribution in [0.4, 0.5) is 5.69 Å². The van der Waals surface area contributed by atoms with Crippen molar-refractivity contribution in [3.05, 3.63) is 102 Å². The lowest BCUT2D eigenvalue weighted by Gasteiger charge is -2.07. The SMILES string of the molecule is COc1ccc(-c2nn(-c3ccccc3)cc2/C=C(\C#N)C(=O)Nc2ccccc2C)cc1. The summed E-state index contributed by atoms with van der Waals surface area (Å²) in [6.07, 6.45) is 3.38. The molecule has 1 heterocycles. The summed E-state index contributed by atoms with van der Waals surface area (Å²) in [5.41, 5.74) is 4.58. The van der Waals surface area contributed by atoms with Crippen molar-refractivity contribution < 1.29 is 9.53 Å². The van der Waals surface area contributed by atoms with Crippen LogP contribution >= 0.6 is 0 Å². The number of carbonyl (C=O) groups excluding carboxylic acids is 1. The van der Waals surface area contributed by atoms with Crippen molar-refractivity contribution in [1.29, 1.82) is 5.26 Å². The third kappa shape index (κ3) is 4.83. The molecule has 0 aliphatic carbocycles. The second-order valence-corrected chi connectivity index (χ2v) is 7.38. The topological polar surface area (TPSA) is 79.9 Å². The highest BCUT2D eigenvalue weighted by Crippen LogP contribution is 2.28. The maximum Gasteiger partial charge on any atom is 0.266 e. The fourth-order valence-electron chi connectivity index (χ4n) is 3.39. The first kappa shape index (κ1) is 21.6. The third-order valence-corrected chi connectivity index (χ3v) is 5.18. The van der Waals surface area contributed by atoms with Crippen molar-refractivity contribution in [2.24, 2.45) is 0 Å². The summed E-state index contributed by atoms with van der Waals surface area (Å²) in [6, 6.07) is 26.6. The van der Waals surface area contributed by atoms with E-state index in [0.717, 1.165) is 22.6 Å². The monoisotopic (exact) mass is 434 g/mol. The van der Waals surface area contributed by atoms with Gasteiger partial charge in [0.2, 0.25) is 0 Å². The van der Waals surface area contributed by atoms with Crippen LogP contribution in [0.1, 0.15) is 11.1 Å². The Hall–Kier alpha value is -4.63. The third-order valence-electron chi connectivity index (χ3n) is 5.18. The first-order valence-corrected chi connectivity index (χ1v) is 10.4. The van der Waals surface area contributed by atoms with Gasteiger partial charge in [0.1, 0.15) is 17.4 Å². The predicted octanol–water partition coefficient (Wildman–Crippen LogP) is 5.40. The number of aryl methyl sites for hydroxylation is 1.